The summed E-state index contributed by atoms with van der Waals surface area (Å²) in [6.07, 6.45) is 16.8. The van der Waals surface area contributed by atoms with Gasteiger partial charge in [-0.2, -0.15) is 0 Å². The lowest BCUT2D eigenvalue weighted by atomic mass is 9.79. The Morgan fingerprint density at radius 2 is 1.39 bits per heavy atom. The molecule has 0 amide bonds. The standard InChI is InChI=1S/C29H44O2/c1-21(2)12-9-13-22(3)14-10-15-23(4)16-11-18-29(7,8)19-17-26-25(6)27(30)20-24(5)28(26)31/h12,14,16,20H,9-11,13,15,17-19H2,1-8H3/b22-14+,23-16+. The van der Waals surface area contributed by atoms with Crippen LogP contribution in [0.3, 0.4) is 0 Å². The van der Waals surface area contributed by atoms with E-state index in [1.54, 1.807) is 13.8 Å². The first-order valence-corrected chi connectivity index (χ1v) is 11.8. The Balaban J connectivity index is 2.45. The third kappa shape index (κ3) is 10.3. The van der Waals surface area contributed by atoms with Crippen LogP contribution in [0.4, 0.5) is 0 Å². The number of ketones is 2. The second kappa shape index (κ2) is 12.8. The average molecular weight is 425 g/mol. The van der Waals surface area contributed by atoms with Gasteiger partial charge in [0.2, 0.25) is 0 Å². The van der Waals surface area contributed by atoms with E-state index in [0.717, 1.165) is 50.5 Å². The fraction of sp³-hybridized carbons (Fsp3) is 0.586. The summed E-state index contributed by atoms with van der Waals surface area (Å²) in [5.41, 5.74) is 6.40. The summed E-state index contributed by atoms with van der Waals surface area (Å²) in [7, 11) is 0. The molecule has 0 radical (unpaired) electrons. The van der Waals surface area contributed by atoms with Crippen molar-refractivity contribution in [2.24, 2.45) is 5.41 Å². The lowest BCUT2D eigenvalue weighted by molar-refractivity contribution is -0.116. The van der Waals surface area contributed by atoms with Gasteiger partial charge in [-0.25, -0.2) is 0 Å². The highest BCUT2D eigenvalue weighted by atomic mass is 16.1. The lowest BCUT2D eigenvalue weighted by Gasteiger charge is -2.25. The van der Waals surface area contributed by atoms with Gasteiger partial charge in [0.05, 0.1) is 0 Å². The normalized spacial score (nSPS) is 16.1. The van der Waals surface area contributed by atoms with Gasteiger partial charge in [-0.3, -0.25) is 9.59 Å². The van der Waals surface area contributed by atoms with E-state index >= 15 is 0 Å². The van der Waals surface area contributed by atoms with Crippen molar-refractivity contribution in [2.75, 3.05) is 0 Å². The average Bonchev–Trinajstić information content (AvgIpc) is 2.66. The number of hydrogen-bond acceptors (Lipinski definition) is 2. The van der Waals surface area contributed by atoms with Crippen molar-refractivity contribution < 1.29 is 9.59 Å². The molecule has 0 aromatic carbocycles. The Labute approximate surface area is 191 Å². The highest BCUT2D eigenvalue weighted by Gasteiger charge is 2.26. The summed E-state index contributed by atoms with van der Waals surface area (Å²) in [6.45, 7) is 16.8. The van der Waals surface area contributed by atoms with E-state index in [1.807, 2.05) is 0 Å². The second-order valence-corrected chi connectivity index (χ2v) is 10.3. The topological polar surface area (TPSA) is 34.1 Å². The molecule has 0 aromatic heterocycles. The molecule has 0 heterocycles. The van der Waals surface area contributed by atoms with Crippen molar-refractivity contribution in [3.63, 3.8) is 0 Å². The van der Waals surface area contributed by atoms with Crippen LogP contribution in [-0.2, 0) is 9.59 Å². The van der Waals surface area contributed by atoms with Crippen molar-refractivity contribution in [1.82, 2.24) is 0 Å². The molecule has 1 aliphatic rings. The first-order valence-electron chi connectivity index (χ1n) is 11.8. The van der Waals surface area contributed by atoms with Gasteiger partial charge in [0.15, 0.2) is 11.6 Å². The van der Waals surface area contributed by atoms with Gasteiger partial charge in [-0.15, -0.1) is 0 Å². The van der Waals surface area contributed by atoms with Gasteiger partial charge in [0.25, 0.3) is 0 Å². The SMILES string of the molecule is CC(C)=CCC/C(C)=C/CC/C(C)=C/CCC(C)(C)CCC1=C(C)C(=O)C=C(C)C1=O. The van der Waals surface area contributed by atoms with E-state index in [4.69, 9.17) is 0 Å². The molecule has 0 saturated heterocycles. The van der Waals surface area contributed by atoms with Crippen LogP contribution < -0.4 is 0 Å². The summed E-state index contributed by atoms with van der Waals surface area (Å²) in [5.74, 6) is 0.0394. The van der Waals surface area contributed by atoms with Crippen LogP contribution in [0.1, 0.15) is 107 Å². The smallest absolute Gasteiger partial charge is 0.185 e. The van der Waals surface area contributed by atoms with Gasteiger partial charge in [0, 0.05) is 16.7 Å². The van der Waals surface area contributed by atoms with E-state index < -0.39 is 0 Å². The highest BCUT2D eigenvalue weighted by Crippen LogP contribution is 2.33. The van der Waals surface area contributed by atoms with E-state index in [-0.39, 0.29) is 17.0 Å². The van der Waals surface area contributed by atoms with Crippen molar-refractivity contribution in [3.05, 3.63) is 57.7 Å². The Kier molecular flexibility index (Phi) is 11.2. The second-order valence-electron chi connectivity index (χ2n) is 10.3. The maximum absolute atomic E-state index is 12.4. The number of rotatable bonds is 12. The highest BCUT2D eigenvalue weighted by molar-refractivity contribution is 6.22. The largest absolute Gasteiger partial charge is 0.290 e. The number of carbonyl (C=O) groups is 2. The quantitative estimate of drug-likeness (QED) is 0.233. The molecule has 0 aliphatic heterocycles. The van der Waals surface area contributed by atoms with E-state index in [1.165, 1.54) is 22.8 Å². The number of carbonyl (C=O) groups excluding carboxylic acids is 2. The molecule has 31 heavy (non-hydrogen) atoms. The van der Waals surface area contributed by atoms with E-state index in [0.29, 0.717) is 17.6 Å². The zero-order valence-electron chi connectivity index (χ0n) is 21.3. The summed E-state index contributed by atoms with van der Waals surface area (Å²) in [4.78, 5) is 24.5. The fourth-order valence-corrected chi connectivity index (χ4v) is 3.87. The third-order valence-electron chi connectivity index (χ3n) is 6.29. The van der Waals surface area contributed by atoms with Crippen LogP contribution in [0.5, 0.6) is 0 Å². The van der Waals surface area contributed by atoms with Crippen LogP contribution in [0.15, 0.2) is 57.7 Å². The predicted molar refractivity (Wildman–Crippen MR) is 134 cm³/mol. The first kappa shape index (κ1) is 27.1. The van der Waals surface area contributed by atoms with Gasteiger partial charge >= 0.3 is 0 Å². The number of allylic oxidation sites excluding steroid dienone is 10. The van der Waals surface area contributed by atoms with Crippen LogP contribution >= 0.6 is 0 Å². The fourth-order valence-electron chi connectivity index (χ4n) is 3.87. The van der Waals surface area contributed by atoms with Crippen LogP contribution in [-0.4, -0.2) is 11.6 Å². The first-order chi connectivity index (χ1) is 14.4. The monoisotopic (exact) mass is 424 g/mol. The molecule has 0 N–H and O–H groups in total. The van der Waals surface area contributed by atoms with E-state index in [9.17, 15) is 9.59 Å². The van der Waals surface area contributed by atoms with Crippen LogP contribution in [0.2, 0.25) is 0 Å². The third-order valence-corrected chi connectivity index (χ3v) is 6.29. The van der Waals surface area contributed by atoms with Gasteiger partial charge in [-0.1, -0.05) is 48.8 Å². The van der Waals surface area contributed by atoms with Crippen LogP contribution in [0, 0.1) is 5.41 Å². The Hall–Kier alpha value is -1.96. The number of Topliss-reactive ketones (excluding diaryl/α,β-unsaturated/α-hetero) is 1. The molecular weight excluding hydrogens is 380 g/mol. The molecule has 0 fully saturated rings. The minimum absolute atomic E-state index is 0.00954. The summed E-state index contributed by atoms with van der Waals surface area (Å²) < 4.78 is 0. The predicted octanol–water partition coefficient (Wildman–Crippen LogP) is 8.41. The molecule has 2 nitrogen and oxygen atoms in total. The number of hydrogen-bond donors (Lipinski definition) is 0. The van der Waals surface area contributed by atoms with Crippen molar-refractivity contribution in [2.45, 2.75) is 107 Å². The Morgan fingerprint density at radius 3 is 1.97 bits per heavy atom. The maximum Gasteiger partial charge on any atom is 0.185 e. The zero-order chi connectivity index (χ0) is 23.6. The van der Waals surface area contributed by atoms with Gasteiger partial charge < -0.3 is 0 Å². The molecule has 2 heteroatoms. The molecule has 172 valence electrons. The summed E-state index contributed by atoms with van der Waals surface area (Å²) in [5, 5.41) is 0. The van der Waals surface area contributed by atoms with Gasteiger partial charge in [-0.05, 0) is 104 Å². The molecule has 0 unspecified atom stereocenters. The van der Waals surface area contributed by atoms with Crippen molar-refractivity contribution in [1.29, 1.82) is 0 Å². The Morgan fingerprint density at radius 1 is 0.839 bits per heavy atom. The minimum atomic E-state index is -0.00954. The Bertz CT molecular complexity index is 806. The lowest BCUT2D eigenvalue weighted by Crippen LogP contribution is -2.19. The molecule has 0 aromatic rings. The molecule has 0 saturated carbocycles. The molecule has 0 spiro atoms. The molecule has 0 atom stereocenters. The van der Waals surface area contributed by atoms with Crippen molar-refractivity contribution >= 4 is 11.6 Å². The summed E-state index contributed by atoms with van der Waals surface area (Å²) in [6, 6.07) is 0. The maximum atomic E-state index is 12.4. The molecule has 1 rings (SSSR count). The molecule has 1 aliphatic carbocycles. The van der Waals surface area contributed by atoms with Gasteiger partial charge in [0.1, 0.15) is 0 Å². The minimum Gasteiger partial charge on any atom is -0.290 e. The molecular formula is C29H44O2. The van der Waals surface area contributed by atoms with E-state index in [2.05, 4.69) is 59.8 Å². The van der Waals surface area contributed by atoms with Crippen molar-refractivity contribution in [3.8, 4) is 0 Å². The zero-order valence-corrected chi connectivity index (χ0v) is 21.3. The molecule has 0 bridgehead atoms. The summed E-state index contributed by atoms with van der Waals surface area (Å²) >= 11 is 0. The van der Waals surface area contributed by atoms with Crippen LogP contribution in [0.25, 0.3) is 0 Å².